The highest BCUT2D eigenvalue weighted by molar-refractivity contribution is 6.34. The van der Waals surface area contributed by atoms with Crippen molar-refractivity contribution in [1.82, 2.24) is 4.90 Å². The molecule has 2 unspecified atom stereocenters. The molecule has 1 heterocycles. The Morgan fingerprint density at radius 2 is 1.26 bits per heavy atom. The predicted octanol–water partition coefficient (Wildman–Crippen LogP) is 11.3. The smallest absolute Gasteiger partial charge is 0.418 e. The second-order valence-electron chi connectivity index (χ2n) is 19.5. The summed E-state index contributed by atoms with van der Waals surface area (Å²) in [5.74, 6) is -1.21. The minimum absolute atomic E-state index is 0.136. The van der Waals surface area contributed by atoms with E-state index in [1.807, 2.05) is 126 Å². The maximum absolute atomic E-state index is 13.2. The van der Waals surface area contributed by atoms with Crippen molar-refractivity contribution in [1.29, 1.82) is 0 Å². The number of ether oxygens (including phenoxy) is 5. The fourth-order valence-electron chi connectivity index (χ4n) is 8.01. The van der Waals surface area contributed by atoms with Gasteiger partial charge in [0.05, 0.1) is 29.1 Å². The van der Waals surface area contributed by atoms with Gasteiger partial charge in [-0.15, -0.1) is 0 Å². The zero-order valence-electron chi connectivity index (χ0n) is 45.2. The quantitative estimate of drug-likeness (QED) is 0.0429. The molecule has 2 atom stereocenters. The number of ketones is 2. The fraction of sp³-hybridized carbons (Fsp3) is 0.295. The Morgan fingerprint density at radius 3 is 1.85 bits per heavy atom. The molecule has 6 aromatic rings. The van der Waals surface area contributed by atoms with Gasteiger partial charge < -0.3 is 39.6 Å². The van der Waals surface area contributed by atoms with E-state index in [1.165, 1.54) is 26.8 Å². The van der Waals surface area contributed by atoms with E-state index in [-0.39, 0.29) is 29.1 Å². The van der Waals surface area contributed by atoms with Gasteiger partial charge in [-0.3, -0.25) is 28.8 Å². The summed E-state index contributed by atoms with van der Waals surface area (Å²) in [5, 5.41) is 8.33. The first kappa shape index (κ1) is 58.8. The molecule has 0 radical (unpaired) electrons. The highest BCUT2D eigenvalue weighted by Crippen LogP contribution is 2.31. The molecule has 0 spiro atoms. The summed E-state index contributed by atoms with van der Waals surface area (Å²) in [6.07, 6.45) is -1.13. The van der Waals surface area contributed by atoms with Crippen molar-refractivity contribution < 1.29 is 57.2 Å². The lowest BCUT2D eigenvalue weighted by atomic mass is 10.0. The van der Waals surface area contributed by atoms with Crippen molar-refractivity contribution in [3.8, 4) is 23.0 Å². The van der Waals surface area contributed by atoms with Crippen LogP contribution in [0.2, 0.25) is 5.02 Å². The van der Waals surface area contributed by atoms with Crippen LogP contribution in [0.5, 0.6) is 23.0 Å². The third kappa shape index (κ3) is 16.7. The number of amides is 5. The molecule has 17 heteroatoms. The van der Waals surface area contributed by atoms with Crippen LogP contribution in [0.1, 0.15) is 87.8 Å². The molecule has 7 rings (SSSR count). The summed E-state index contributed by atoms with van der Waals surface area (Å²) < 4.78 is 28.2. The molecule has 1 aliphatic heterocycles. The van der Waals surface area contributed by atoms with Crippen molar-refractivity contribution in [3.63, 3.8) is 0 Å². The lowest BCUT2D eigenvalue weighted by Crippen LogP contribution is -2.52. The molecule has 0 bridgehead atoms. The van der Waals surface area contributed by atoms with Gasteiger partial charge >= 0.3 is 6.09 Å². The number of aryl methyl sites for hydroxylation is 3. The SMILES string of the molecule is CC(=O)C(C(=O)Nc1cc(C)ccc1OC(C)C)N1C(=O)OC(C)(C)C1=O.CC(=O)C(Oc1ccc(Cc2ccc(OCc3ccccc3)cc2)cc1)C(=O)Nc1cc(NC(=O)CCCOc2ccc(C)cc2C)ccc1Cl. The molecular formula is C61H65ClN4O12. The first-order chi connectivity index (χ1) is 37.1. The second-order valence-corrected chi connectivity index (χ2v) is 19.9. The Balaban J connectivity index is 0.000000307. The number of rotatable bonds is 22. The number of carbonyl (C=O) groups excluding carboxylic acids is 7. The monoisotopic (exact) mass is 1080 g/mol. The molecular weight excluding hydrogens is 1020 g/mol. The van der Waals surface area contributed by atoms with E-state index >= 15 is 0 Å². The van der Waals surface area contributed by atoms with Crippen molar-refractivity contribution in [3.05, 3.63) is 172 Å². The summed E-state index contributed by atoms with van der Waals surface area (Å²) in [6.45, 7) is 15.6. The van der Waals surface area contributed by atoms with Gasteiger partial charge in [-0.25, -0.2) is 9.69 Å². The van der Waals surface area contributed by atoms with Gasteiger partial charge in [0.1, 0.15) is 29.6 Å². The van der Waals surface area contributed by atoms with Crippen LogP contribution < -0.4 is 34.9 Å². The van der Waals surface area contributed by atoms with Gasteiger partial charge in [0, 0.05) is 12.1 Å². The number of carbonyl (C=O) groups is 7. The number of anilines is 3. The maximum atomic E-state index is 13.2. The summed E-state index contributed by atoms with van der Waals surface area (Å²) in [4.78, 5) is 88.3. The number of imide groups is 1. The number of benzene rings is 6. The Hall–Kier alpha value is -8.50. The molecule has 1 aliphatic rings. The zero-order chi connectivity index (χ0) is 56.7. The molecule has 0 aliphatic carbocycles. The first-order valence-electron chi connectivity index (χ1n) is 25.3. The van der Waals surface area contributed by atoms with Crippen molar-refractivity contribution >= 4 is 70.0 Å². The molecule has 3 N–H and O–H groups in total. The first-order valence-corrected chi connectivity index (χ1v) is 25.7. The molecule has 0 aromatic heterocycles. The molecule has 78 heavy (non-hydrogen) atoms. The van der Waals surface area contributed by atoms with Crippen LogP contribution in [0.25, 0.3) is 0 Å². The topological polar surface area (TPSA) is 205 Å². The maximum Gasteiger partial charge on any atom is 0.418 e. The Labute approximate surface area is 459 Å². The number of halogens is 1. The van der Waals surface area contributed by atoms with Crippen LogP contribution >= 0.6 is 11.6 Å². The molecule has 0 saturated carbocycles. The van der Waals surface area contributed by atoms with E-state index in [2.05, 4.69) is 16.0 Å². The number of nitrogens with zero attached hydrogens (tertiary/aromatic N) is 1. The summed E-state index contributed by atoms with van der Waals surface area (Å²) in [6, 6.07) is 39.5. The van der Waals surface area contributed by atoms with E-state index in [0.29, 0.717) is 53.8 Å². The highest BCUT2D eigenvalue weighted by Gasteiger charge is 2.53. The van der Waals surface area contributed by atoms with Crippen LogP contribution in [0.15, 0.2) is 133 Å². The van der Waals surface area contributed by atoms with Crippen LogP contribution in [0.3, 0.4) is 0 Å². The van der Waals surface area contributed by atoms with Crippen LogP contribution in [0.4, 0.5) is 21.9 Å². The molecule has 6 aromatic carbocycles. The van der Waals surface area contributed by atoms with Gasteiger partial charge in [0.2, 0.25) is 12.0 Å². The minimum atomic E-state index is -1.63. The van der Waals surface area contributed by atoms with Crippen LogP contribution in [0, 0.1) is 20.8 Å². The van der Waals surface area contributed by atoms with E-state index in [1.54, 1.807) is 36.4 Å². The number of cyclic esters (lactones) is 1. The summed E-state index contributed by atoms with van der Waals surface area (Å²) in [5.41, 5.74) is 5.91. The number of hydrogen-bond acceptors (Lipinski definition) is 12. The van der Waals surface area contributed by atoms with Crippen LogP contribution in [-0.2, 0) is 46.5 Å². The number of Topliss-reactive ketones (excluding diaryl/α,β-unsaturated/α-hetero) is 2. The Bertz CT molecular complexity index is 3130. The van der Waals surface area contributed by atoms with E-state index in [4.69, 9.17) is 35.3 Å². The normalized spacial score (nSPS) is 13.2. The van der Waals surface area contributed by atoms with Crippen molar-refractivity contribution in [2.45, 2.75) is 112 Å². The average molecular weight is 1080 g/mol. The predicted molar refractivity (Wildman–Crippen MR) is 298 cm³/mol. The van der Waals surface area contributed by atoms with Gasteiger partial charge in [-0.05, 0) is 164 Å². The van der Waals surface area contributed by atoms with Crippen molar-refractivity contribution in [2.75, 3.05) is 22.6 Å². The minimum Gasteiger partial charge on any atom is -0.493 e. The van der Waals surface area contributed by atoms with Gasteiger partial charge in [-0.1, -0.05) is 90.0 Å². The lowest BCUT2D eigenvalue weighted by Gasteiger charge is -2.23. The van der Waals surface area contributed by atoms with E-state index in [0.717, 1.165) is 51.8 Å². The molecule has 408 valence electrons. The largest absolute Gasteiger partial charge is 0.493 e. The lowest BCUT2D eigenvalue weighted by molar-refractivity contribution is -0.142. The third-order valence-electron chi connectivity index (χ3n) is 11.9. The molecule has 1 saturated heterocycles. The molecule has 16 nitrogen and oxygen atoms in total. The number of nitrogens with one attached hydrogen (secondary N) is 3. The summed E-state index contributed by atoms with van der Waals surface area (Å²) in [7, 11) is 0. The summed E-state index contributed by atoms with van der Waals surface area (Å²) >= 11 is 6.36. The van der Waals surface area contributed by atoms with E-state index < -0.39 is 53.1 Å². The molecule has 5 amide bonds. The average Bonchev–Trinajstić information content (AvgIpc) is 3.64. The molecule has 1 fully saturated rings. The zero-order valence-corrected chi connectivity index (χ0v) is 45.9. The van der Waals surface area contributed by atoms with Gasteiger partial charge in [0.25, 0.3) is 17.7 Å². The fourth-order valence-corrected chi connectivity index (χ4v) is 8.17. The second kappa shape index (κ2) is 27.0. The Morgan fingerprint density at radius 1 is 0.641 bits per heavy atom. The van der Waals surface area contributed by atoms with Crippen LogP contribution in [-0.4, -0.2) is 76.6 Å². The standard InChI is InChI=1S/C42H41ClN2O6.C19H24N2O6/c1-28-11-22-39(29(2)24-28)49-23-7-10-40(47)44-34-16-21-37(43)38(26-34)45-42(48)41(30(3)46)51-36-19-14-32(15-20-36)25-31-12-17-35(18-13-31)50-27-33-8-5-4-6-9-33;1-10(2)26-14-8-7-11(3)9-13(14)20-16(23)15(12(4)22)21-17(24)19(5,6)27-18(21)25/h4-6,8-9,11-22,24,26,41H,7,10,23,25,27H2,1-3H3,(H,44,47)(H,45,48);7-10,15H,1-6H3,(H,20,23). The van der Waals surface area contributed by atoms with Crippen molar-refractivity contribution in [2.24, 2.45) is 0 Å². The third-order valence-corrected chi connectivity index (χ3v) is 12.3. The highest BCUT2D eigenvalue weighted by atomic mass is 35.5. The van der Waals surface area contributed by atoms with Gasteiger partial charge in [-0.2, -0.15) is 0 Å². The number of hydrogen-bond donors (Lipinski definition) is 3. The Kier molecular flexibility index (Phi) is 20.3. The van der Waals surface area contributed by atoms with E-state index in [9.17, 15) is 33.6 Å². The van der Waals surface area contributed by atoms with Gasteiger partial charge in [0.15, 0.2) is 23.2 Å².